The maximum atomic E-state index is 9.91. The van der Waals surface area contributed by atoms with Crippen LogP contribution in [0.1, 0.15) is 32.3 Å². The Hall–Kier alpha value is -0.900. The van der Waals surface area contributed by atoms with E-state index in [1.807, 2.05) is 25.2 Å². The monoisotopic (exact) mass is 264 g/mol. The Morgan fingerprint density at radius 2 is 1.89 bits per heavy atom. The molecule has 1 unspecified atom stereocenters. The van der Waals surface area contributed by atoms with Gasteiger partial charge < -0.3 is 15.3 Å². The maximum Gasteiger partial charge on any atom is 0.0795 e. The number of hydrogen-bond acceptors (Lipinski definition) is 3. The lowest BCUT2D eigenvalue weighted by atomic mass is 9.90. The Labute approximate surface area is 117 Å². The molecule has 0 saturated heterocycles. The molecule has 1 aromatic rings. The van der Waals surface area contributed by atoms with Crippen molar-refractivity contribution in [2.45, 2.75) is 32.2 Å². The Kier molecular flexibility index (Phi) is 7.06. The molecule has 3 heteroatoms. The number of likely N-dealkylation sites (N-methyl/N-ethyl adjacent to an activating group) is 2. The van der Waals surface area contributed by atoms with Crippen LogP contribution in [0.2, 0.25) is 0 Å². The standard InChI is InChI=1S/C16H28N2O/c1-4-6-12-18(5-2)13-16(14-19,17-3)15-10-8-7-9-11-15/h7-11,17,19H,4-6,12-14H2,1-3H3. The van der Waals surface area contributed by atoms with Gasteiger partial charge in [-0.2, -0.15) is 0 Å². The van der Waals surface area contributed by atoms with E-state index in [0.29, 0.717) is 0 Å². The van der Waals surface area contributed by atoms with E-state index in [2.05, 4.69) is 36.2 Å². The summed E-state index contributed by atoms with van der Waals surface area (Å²) in [5, 5.41) is 13.2. The van der Waals surface area contributed by atoms with Crippen LogP contribution >= 0.6 is 0 Å². The van der Waals surface area contributed by atoms with Crippen LogP contribution in [0, 0.1) is 0 Å². The van der Waals surface area contributed by atoms with Gasteiger partial charge in [0, 0.05) is 6.54 Å². The number of aliphatic hydroxyl groups excluding tert-OH is 1. The van der Waals surface area contributed by atoms with Gasteiger partial charge in [0.1, 0.15) is 0 Å². The van der Waals surface area contributed by atoms with Crippen molar-refractivity contribution in [1.82, 2.24) is 10.2 Å². The minimum Gasteiger partial charge on any atom is -0.394 e. The van der Waals surface area contributed by atoms with Crippen molar-refractivity contribution in [3.8, 4) is 0 Å². The minimum absolute atomic E-state index is 0.107. The van der Waals surface area contributed by atoms with E-state index in [4.69, 9.17) is 0 Å². The summed E-state index contributed by atoms with van der Waals surface area (Å²) in [6, 6.07) is 10.2. The van der Waals surface area contributed by atoms with Gasteiger partial charge in [-0.25, -0.2) is 0 Å². The molecule has 2 N–H and O–H groups in total. The molecule has 0 saturated carbocycles. The molecular weight excluding hydrogens is 236 g/mol. The van der Waals surface area contributed by atoms with Crippen LogP contribution in [0.4, 0.5) is 0 Å². The number of rotatable bonds is 9. The van der Waals surface area contributed by atoms with E-state index < -0.39 is 0 Å². The lowest BCUT2D eigenvalue weighted by Crippen LogP contribution is -2.52. The quantitative estimate of drug-likeness (QED) is 0.718. The van der Waals surface area contributed by atoms with Gasteiger partial charge >= 0.3 is 0 Å². The molecule has 0 aliphatic carbocycles. The third-order valence-electron chi connectivity index (χ3n) is 3.84. The summed E-state index contributed by atoms with van der Waals surface area (Å²) in [7, 11) is 1.93. The average molecular weight is 264 g/mol. The third-order valence-corrected chi connectivity index (χ3v) is 3.84. The van der Waals surface area contributed by atoms with E-state index in [0.717, 1.165) is 25.2 Å². The second-order valence-corrected chi connectivity index (χ2v) is 5.08. The largest absolute Gasteiger partial charge is 0.394 e. The Balaban J connectivity index is 2.87. The molecule has 0 fully saturated rings. The van der Waals surface area contributed by atoms with E-state index in [9.17, 15) is 5.11 Å². The van der Waals surface area contributed by atoms with E-state index in [1.54, 1.807) is 0 Å². The van der Waals surface area contributed by atoms with Gasteiger partial charge in [0.2, 0.25) is 0 Å². The van der Waals surface area contributed by atoms with Crippen molar-refractivity contribution in [3.05, 3.63) is 35.9 Å². The van der Waals surface area contributed by atoms with Crippen molar-refractivity contribution in [3.63, 3.8) is 0 Å². The number of hydrogen-bond donors (Lipinski definition) is 2. The fraction of sp³-hybridized carbons (Fsp3) is 0.625. The van der Waals surface area contributed by atoms with Gasteiger partial charge in [0.25, 0.3) is 0 Å². The number of nitrogens with one attached hydrogen (secondary N) is 1. The van der Waals surface area contributed by atoms with Gasteiger partial charge in [-0.15, -0.1) is 0 Å². The molecule has 1 atom stereocenters. The van der Waals surface area contributed by atoms with Crippen LogP contribution in [-0.4, -0.2) is 43.3 Å². The summed E-state index contributed by atoms with van der Waals surface area (Å²) in [5.74, 6) is 0. The second-order valence-electron chi connectivity index (χ2n) is 5.08. The maximum absolute atomic E-state index is 9.91. The lowest BCUT2D eigenvalue weighted by Gasteiger charge is -2.37. The SMILES string of the molecule is CCCCN(CC)CC(CO)(NC)c1ccccc1. The zero-order chi connectivity index (χ0) is 14.1. The van der Waals surface area contributed by atoms with Gasteiger partial charge in [-0.05, 0) is 32.1 Å². The van der Waals surface area contributed by atoms with E-state index in [-0.39, 0.29) is 12.1 Å². The highest BCUT2D eigenvalue weighted by molar-refractivity contribution is 5.25. The predicted octanol–water partition coefficient (Wildman–Crippen LogP) is 2.22. The summed E-state index contributed by atoms with van der Waals surface area (Å²) in [6.45, 7) is 7.43. The number of unbranched alkanes of at least 4 members (excludes halogenated alkanes) is 1. The Bertz CT molecular complexity index is 336. The normalized spacial score (nSPS) is 14.6. The highest BCUT2D eigenvalue weighted by Crippen LogP contribution is 2.22. The van der Waals surface area contributed by atoms with Crippen LogP contribution in [-0.2, 0) is 5.54 Å². The third kappa shape index (κ3) is 4.30. The first-order valence-corrected chi connectivity index (χ1v) is 7.30. The molecule has 3 nitrogen and oxygen atoms in total. The van der Waals surface area contributed by atoms with Crippen LogP contribution in [0.15, 0.2) is 30.3 Å². The zero-order valence-corrected chi connectivity index (χ0v) is 12.5. The molecule has 0 bridgehead atoms. The summed E-state index contributed by atoms with van der Waals surface area (Å²) < 4.78 is 0. The predicted molar refractivity (Wildman–Crippen MR) is 81.3 cm³/mol. The Morgan fingerprint density at radius 1 is 1.21 bits per heavy atom. The summed E-state index contributed by atoms with van der Waals surface area (Å²) in [5.41, 5.74) is 0.778. The fourth-order valence-electron chi connectivity index (χ4n) is 2.40. The smallest absolute Gasteiger partial charge is 0.0795 e. The van der Waals surface area contributed by atoms with Crippen molar-refractivity contribution in [1.29, 1.82) is 0 Å². The van der Waals surface area contributed by atoms with E-state index >= 15 is 0 Å². The van der Waals surface area contributed by atoms with Crippen molar-refractivity contribution in [2.24, 2.45) is 0 Å². The van der Waals surface area contributed by atoms with E-state index in [1.165, 1.54) is 12.8 Å². The zero-order valence-electron chi connectivity index (χ0n) is 12.5. The van der Waals surface area contributed by atoms with Crippen molar-refractivity contribution in [2.75, 3.05) is 33.3 Å². The first-order chi connectivity index (χ1) is 9.22. The second kappa shape index (κ2) is 8.31. The summed E-state index contributed by atoms with van der Waals surface area (Å²) >= 11 is 0. The molecule has 0 heterocycles. The Morgan fingerprint density at radius 3 is 2.37 bits per heavy atom. The molecular formula is C16H28N2O. The highest BCUT2D eigenvalue weighted by atomic mass is 16.3. The molecule has 1 rings (SSSR count). The van der Waals surface area contributed by atoms with Crippen LogP contribution < -0.4 is 5.32 Å². The van der Waals surface area contributed by atoms with Gasteiger partial charge in [-0.3, -0.25) is 0 Å². The van der Waals surface area contributed by atoms with Crippen LogP contribution in [0.5, 0.6) is 0 Å². The average Bonchev–Trinajstić information content (AvgIpc) is 2.49. The molecule has 0 aliphatic rings. The lowest BCUT2D eigenvalue weighted by molar-refractivity contribution is 0.114. The topological polar surface area (TPSA) is 35.5 Å². The molecule has 0 amide bonds. The highest BCUT2D eigenvalue weighted by Gasteiger charge is 2.31. The number of benzene rings is 1. The number of nitrogens with zero attached hydrogens (tertiary/aromatic N) is 1. The first-order valence-electron chi connectivity index (χ1n) is 7.30. The summed E-state index contributed by atoms with van der Waals surface area (Å²) in [6.07, 6.45) is 2.40. The molecule has 0 aliphatic heterocycles. The van der Waals surface area contributed by atoms with Gasteiger partial charge in [0.15, 0.2) is 0 Å². The van der Waals surface area contributed by atoms with Gasteiger partial charge in [0.05, 0.1) is 12.1 Å². The fourth-order valence-corrected chi connectivity index (χ4v) is 2.40. The molecule has 0 spiro atoms. The van der Waals surface area contributed by atoms with Crippen LogP contribution in [0.25, 0.3) is 0 Å². The van der Waals surface area contributed by atoms with Crippen LogP contribution in [0.3, 0.4) is 0 Å². The minimum atomic E-state index is -0.370. The van der Waals surface area contributed by atoms with Crippen molar-refractivity contribution >= 4 is 0 Å². The molecule has 19 heavy (non-hydrogen) atoms. The molecule has 1 aromatic carbocycles. The molecule has 0 radical (unpaired) electrons. The number of aliphatic hydroxyl groups is 1. The molecule has 0 aromatic heterocycles. The first kappa shape index (κ1) is 16.2. The summed E-state index contributed by atoms with van der Waals surface area (Å²) in [4.78, 5) is 2.41. The van der Waals surface area contributed by atoms with Crippen molar-refractivity contribution < 1.29 is 5.11 Å². The molecule has 108 valence electrons. The van der Waals surface area contributed by atoms with Gasteiger partial charge in [-0.1, -0.05) is 50.6 Å².